The molecule has 4 aromatic rings. The van der Waals surface area contributed by atoms with Gasteiger partial charge in [-0.1, -0.05) is 48.5 Å². The van der Waals surface area contributed by atoms with Crippen LogP contribution in [0.1, 0.15) is 11.1 Å². The van der Waals surface area contributed by atoms with Gasteiger partial charge in [0, 0.05) is 22.4 Å². The van der Waals surface area contributed by atoms with Gasteiger partial charge >= 0.3 is 0 Å². The second kappa shape index (κ2) is 5.91. The van der Waals surface area contributed by atoms with E-state index in [0.29, 0.717) is 0 Å². The first-order valence-electron chi connectivity index (χ1n) is 7.94. The molecule has 0 amide bonds. The van der Waals surface area contributed by atoms with Crippen molar-refractivity contribution in [3.05, 3.63) is 82.6 Å². The normalized spacial score (nSPS) is 11.1. The molecule has 0 saturated carbocycles. The van der Waals surface area contributed by atoms with Crippen LogP contribution in [0, 0.1) is 13.8 Å². The molecule has 0 atom stereocenters. The summed E-state index contributed by atoms with van der Waals surface area (Å²) in [6.07, 6.45) is 4.15. The third-order valence-electron chi connectivity index (χ3n) is 4.40. The lowest BCUT2D eigenvalue weighted by Crippen LogP contribution is -1.88. The SMILES string of the molecule is Cc1c(-c2ccccc2)cccc1-c1cn2cc(Br)cc(C)c2n1. The molecule has 0 spiro atoms. The molecule has 0 N–H and O–H groups in total. The predicted octanol–water partition coefficient (Wildman–Crippen LogP) is 6.05. The topological polar surface area (TPSA) is 17.3 Å². The molecule has 2 aromatic heterocycles. The van der Waals surface area contributed by atoms with E-state index in [1.165, 1.54) is 22.3 Å². The summed E-state index contributed by atoms with van der Waals surface area (Å²) in [6.45, 7) is 4.26. The monoisotopic (exact) mass is 376 g/mol. The van der Waals surface area contributed by atoms with E-state index in [1.54, 1.807) is 0 Å². The van der Waals surface area contributed by atoms with Crippen LogP contribution in [0.25, 0.3) is 28.0 Å². The molecule has 0 saturated heterocycles. The van der Waals surface area contributed by atoms with E-state index in [9.17, 15) is 0 Å². The zero-order chi connectivity index (χ0) is 16.7. The minimum atomic E-state index is 0.998. The van der Waals surface area contributed by atoms with E-state index in [0.717, 1.165) is 21.4 Å². The number of nitrogens with zero attached hydrogens (tertiary/aromatic N) is 2. The maximum atomic E-state index is 4.86. The van der Waals surface area contributed by atoms with Gasteiger partial charge in [0.25, 0.3) is 0 Å². The highest BCUT2D eigenvalue weighted by Gasteiger charge is 2.12. The lowest BCUT2D eigenvalue weighted by molar-refractivity contribution is 1.15. The zero-order valence-corrected chi connectivity index (χ0v) is 15.2. The first kappa shape index (κ1) is 15.2. The third kappa shape index (κ3) is 2.55. The van der Waals surface area contributed by atoms with Crippen LogP contribution in [0.2, 0.25) is 0 Å². The molecular formula is C21H17BrN2. The number of pyridine rings is 1. The van der Waals surface area contributed by atoms with Crippen molar-refractivity contribution in [3.63, 3.8) is 0 Å². The van der Waals surface area contributed by atoms with Gasteiger partial charge in [-0.05, 0) is 58.1 Å². The van der Waals surface area contributed by atoms with Crippen LogP contribution in [-0.2, 0) is 0 Å². The van der Waals surface area contributed by atoms with Gasteiger partial charge in [0.2, 0.25) is 0 Å². The highest BCUT2D eigenvalue weighted by molar-refractivity contribution is 9.10. The molecule has 0 aliphatic heterocycles. The fraction of sp³-hybridized carbons (Fsp3) is 0.0952. The number of hydrogen-bond donors (Lipinski definition) is 0. The number of imidazole rings is 1. The van der Waals surface area contributed by atoms with Crippen molar-refractivity contribution in [2.75, 3.05) is 0 Å². The van der Waals surface area contributed by atoms with E-state index in [1.807, 2.05) is 6.07 Å². The first-order valence-corrected chi connectivity index (χ1v) is 8.73. The summed E-state index contributed by atoms with van der Waals surface area (Å²) in [4.78, 5) is 4.86. The number of halogens is 1. The highest BCUT2D eigenvalue weighted by atomic mass is 79.9. The predicted molar refractivity (Wildman–Crippen MR) is 103 cm³/mol. The van der Waals surface area contributed by atoms with Crippen molar-refractivity contribution in [3.8, 4) is 22.4 Å². The first-order chi connectivity index (χ1) is 11.6. The number of benzene rings is 2. The average Bonchev–Trinajstić information content (AvgIpc) is 3.00. The van der Waals surface area contributed by atoms with Crippen LogP contribution in [-0.4, -0.2) is 9.38 Å². The second-order valence-electron chi connectivity index (χ2n) is 6.04. The Morgan fingerprint density at radius 3 is 2.42 bits per heavy atom. The maximum absolute atomic E-state index is 4.86. The molecule has 118 valence electrons. The Balaban J connectivity index is 1.90. The second-order valence-corrected chi connectivity index (χ2v) is 6.96. The van der Waals surface area contributed by atoms with Crippen LogP contribution < -0.4 is 0 Å². The molecule has 0 aliphatic carbocycles. The van der Waals surface area contributed by atoms with Crippen LogP contribution in [0.3, 0.4) is 0 Å². The molecule has 24 heavy (non-hydrogen) atoms. The molecule has 4 rings (SSSR count). The van der Waals surface area contributed by atoms with Gasteiger partial charge < -0.3 is 4.40 Å². The van der Waals surface area contributed by atoms with Crippen LogP contribution in [0.4, 0.5) is 0 Å². The highest BCUT2D eigenvalue weighted by Crippen LogP contribution is 2.32. The van der Waals surface area contributed by atoms with Crippen molar-refractivity contribution >= 4 is 21.6 Å². The van der Waals surface area contributed by atoms with Gasteiger partial charge in [0.15, 0.2) is 0 Å². The number of aryl methyl sites for hydroxylation is 1. The quantitative estimate of drug-likeness (QED) is 0.416. The Morgan fingerprint density at radius 1 is 0.875 bits per heavy atom. The van der Waals surface area contributed by atoms with E-state index >= 15 is 0 Å². The lowest BCUT2D eigenvalue weighted by atomic mass is 9.95. The molecule has 0 radical (unpaired) electrons. The summed E-state index contributed by atoms with van der Waals surface area (Å²) >= 11 is 3.56. The summed E-state index contributed by atoms with van der Waals surface area (Å²) in [7, 11) is 0. The Hall–Kier alpha value is -2.39. The Kier molecular flexibility index (Phi) is 3.73. The fourth-order valence-electron chi connectivity index (χ4n) is 3.20. The van der Waals surface area contributed by atoms with Crippen LogP contribution >= 0.6 is 15.9 Å². The molecule has 0 fully saturated rings. The van der Waals surface area contributed by atoms with E-state index in [2.05, 4.69) is 95.1 Å². The van der Waals surface area contributed by atoms with Crippen molar-refractivity contribution in [1.82, 2.24) is 9.38 Å². The lowest BCUT2D eigenvalue weighted by Gasteiger charge is -2.10. The Bertz CT molecular complexity index is 1030. The zero-order valence-electron chi connectivity index (χ0n) is 13.6. The molecule has 2 heterocycles. The minimum Gasteiger partial charge on any atom is -0.305 e. The fourth-order valence-corrected chi connectivity index (χ4v) is 3.76. The van der Waals surface area contributed by atoms with Crippen molar-refractivity contribution < 1.29 is 0 Å². The summed E-state index contributed by atoms with van der Waals surface area (Å²) in [5.74, 6) is 0. The van der Waals surface area contributed by atoms with Crippen molar-refractivity contribution in [1.29, 1.82) is 0 Å². The summed E-state index contributed by atoms with van der Waals surface area (Å²) in [5, 5.41) is 0. The van der Waals surface area contributed by atoms with Gasteiger partial charge in [-0.15, -0.1) is 0 Å². The summed E-state index contributed by atoms with van der Waals surface area (Å²) in [5.41, 5.74) is 8.08. The summed E-state index contributed by atoms with van der Waals surface area (Å²) < 4.78 is 3.15. The van der Waals surface area contributed by atoms with Gasteiger partial charge in [-0.2, -0.15) is 0 Å². The van der Waals surface area contributed by atoms with Crippen LogP contribution in [0.5, 0.6) is 0 Å². The van der Waals surface area contributed by atoms with Gasteiger partial charge in [-0.25, -0.2) is 4.98 Å². The Morgan fingerprint density at radius 2 is 1.62 bits per heavy atom. The standard InChI is InChI=1S/C21H17BrN2/c1-14-11-17(22)12-24-13-20(23-21(14)24)19-10-6-9-18(15(19)2)16-7-4-3-5-8-16/h3-13H,1-2H3. The maximum Gasteiger partial charge on any atom is 0.140 e. The van der Waals surface area contributed by atoms with Gasteiger partial charge in [0.05, 0.1) is 5.69 Å². The molecule has 0 bridgehead atoms. The van der Waals surface area contributed by atoms with Gasteiger partial charge in [-0.3, -0.25) is 0 Å². The average molecular weight is 377 g/mol. The Labute approximate surface area is 149 Å². The largest absolute Gasteiger partial charge is 0.305 e. The van der Waals surface area contributed by atoms with E-state index < -0.39 is 0 Å². The molecular weight excluding hydrogens is 360 g/mol. The number of aromatic nitrogens is 2. The molecule has 3 heteroatoms. The smallest absolute Gasteiger partial charge is 0.140 e. The number of hydrogen-bond acceptors (Lipinski definition) is 1. The summed E-state index contributed by atoms with van der Waals surface area (Å²) in [6, 6.07) is 19.0. The molecule has 0 unspecified atom stereocenters. The third-order valence-corrected chi connectivity index (χ3v) is 4.83. The minimum absolute atomic E-state index is 0.998. The van der Waals surface area contributed by atoms with Crippen molar-refractivity contribution in [2.45, 2.75) is 13.8 Å². The van der Waals surface area contributed by atoms with E-state index in [-0.39, 0.29) is 0 Å². The molecule has 2 aromatic carbocycles. The van der Waals surface area contributed by atoms with Crippen LogP contribution in [0.15, 0.2) is 71.5 Å². The van der Waals surface area contributed by atoms with Crippen molar-refractivity contribution in [2.24, 2.45) is 0 Å². The molecule has 2 nitrogen and oxygen atoms in total. The number of fused-ring (bicyclic) bond motifs is 1. The van der Waals surface area contributed by atoms with E-state index in [4.69, 9.17) is 4.98 Å². The number of rotatable bonds is 2. The molecule has 0 aliphatic rings. The van der Waals surface area contributed by atoms with Gasteiger partial charge in [0.1, 0.15) is 5.65 Å².